The van der Waals surface area contributed by atoms with Gasteiger partial charge in [0.05, 0.1) is 20.6 Å². The van der Waals surface area contributed by atoms with Gasteiger partial charge in [0.25, 0.3) is 0 Å². The molecule has 0 saturated heterocycles. The molecule has 120 valence electrons. The summed E-state index contributed by atoms with van der Waals surface area (Å²) in [7, 11) is 3.64. The van der Waals surface area contributed by atoms with Crippen LogP contribution in [0.4, 0.5) is 0 Å². The highest BCUT2D eigenvalue weighted by molar-refractivity contribution is 5.85. The maximum absolute atomic E-state index is 12.2. The molecule has 0 aliphatic rings. The predicted molar refractivity (Wildman–Crippen MR) is 74.7 cm³/mol. The molecule has 7 nitrogen and oxygen atoms in total. The van der Waals surface area contributed by atoms with Gasteiger partial charge >= 0.3 is 17.9 Å². The molecule has 0 saturated carbocycles. The fourth-order valence-corrected chi connectivity index (χ4v) is 1.74. The number of esters is 3. The maximum atomic E-state index is 12.2. The van der Waals surface area contributed by atoms with Crippen molar-refractivity contribution in [2.24, 2.45) is 0 Å². The summed E-state index contributed by atoms with van der Waals surface area (Å²) < 4.78 is 19.1. The summed E-state index contributed by atoms with van der Waals surface area (Å²) in [5, 5.41) is 0. The van der Waals surface area contributed by atoms with Gasteiger partial charge in [0.15, 0.2) is 6.10 Å². The second-order valence-corrected chi connectivity index (χ2v) is 4.26. The fourth-order valence-electron chi connectivity index (χ4n) is 1.74. The van der Waals surface area contributed by atoms with Gasteiger partial charge in [-0.15, -0.1) is 0 Å². The summed E-state index contributed by atoms with van der Waals surface area (Å²) in [5.41, 5.74) is 0.566. The average molecular weight is 310 g/mol. The number of hydrogen-bond donors (Lipinski definition) is 0. The molecular formula is C15H18O7. The van der Waals surface area contributed by atoms with Crippen molar-refractivity contribution in [1.29, 1.82) is 0 Å². The van der Waals surface area contributed by atoms with Gasteiger partial charge in [0.1, 0.15) is 0 Å². The monoisotopic (exact) mass is 310 g/mol. The largest absolute Gasteiger partial charge is 0.469 e. The maximum Gasteiger partial charge on any atom is 0.347 e. The van der Waals surface area contributed by atoms with Gasteiger partial charge in [0, 0.05) is 7.11 Å². The molecule has 0 spiro atoms. The Hall–Kier alpha value is -2.41. The first-order chi connectivity index (χ1) is 10.5. The van der Waals surface area contributed by atoms with E-state index in [1.807, 2.05) is 0 Å². The molecule has 0 aliphatic heterocycles. The smallest absolute Gasteiger partial charge is 0.347 e. The first-order valence-electron chi connectivity index (χ1n) is 6.46. The standard InChI is InChI=1S/C15H18O7/c1-19-12(16)9-11(14(17)21-3)22-15(18)13(20-2)10-7-5-4-6-8-10/h4-8,11,13H,9H2,1-3H3. The lowest BCUT2D eigenvalue weighted by molar-refractivity contribution is -0.176. The van der Waals surface area contributed by atoms with E-state index < -0.39 is 36.5 Å². The fraction of sp³-hybridized carbons (Fsp3) is 0.400. The third-order valence-corrected chi connectivity index (χ3v) is 2.85. The van der Waals surface area contributed by atoms with Gasteiger partial charge in [-0.1, -0.05) is 30.3 Å². The van der Waals surface area contributed by atoms with E-state index in [-0.39, 0.29) is 0 Å². The number of carbonyl (C=O) groups excluding carboxylic acids is 3. The summed E-state index contributed by atoms with van der Waals surface area (Å²) in [6, 6.07) is 8.63. The average Bonchev–Trinajstić information content (AvgIpc) is 2.55. The Morgan fingerprint density at radius 1 is 0.955 bits per heavy atom. The Kier molecular flexibility index (Phi) is 7.04. The SMILES string of the molecule is COC(=O)CC(OC(=O)C(OC)c1ccccc1)C(=O)OC. The minimum absolute atomic E-state index is 0.430. The Labute approximate surface area is 128 Å². The Morgan fingerprint density at radius 2 is 1.59 bits per heavy atom. The number of hydrogen-bond acceptors (Lipinski definition) is 7. The molecule has 0 aromatic heterocycles. The lowest BCUT2D eigenvalue weighted by Gasteiger charge is -2.19. The van der Waals surface area contributed by atoms with Crippen LogP contribution in [0.25, 0.3) is 0 Å². The van der Waals surface area contributed by atoms with Crippen molar-refractivity contribution in [2.45, 2.75) is 18.6 Å². The molecule has 0 heterocycles. The van der Waals surface area contributed by atoms with Gasteiger partial charge in [0.2, 0.25) is 6.10 Å². The van der Waals surface area contributed by atoms with Gasteiger partial charge in [-0.05, 0) is 5.56 Å². The molecular weight excluding hydrogens is 292 g/mol. The summed E-state index contributed by atoms with van der Waals surface area (Å²) in [6.07, 6.45) is -2.82. The third-order valence-electron chi connectivity index (χ3n) is 2.85. The van der Waals surface area contributed by atoms with Crippen LogP contribution >= 0.6 is 0 Å². The number of ether oxygens (including phenoxy) is 4. The Balaban J connectivity index is 2.84. The van der Waals surface area contributed by atoms with Crippen molar-refractivity contribution in [1.82, 2.24) is 0 Å². The molecule has 0 aliphatic carbocycles. The Morgan fingerprint density at radius 3 is 2.09 bits per heavy atom. The molecule has 0 radical (unpaired) electrons. The number of benzene rings is 1. The third kappa shape index (κ3) is 4.85. The molecule has 1 aromatic carbocycles. The van der Waals surface area contributed by atoms with Crippen molar-refractivity contribution in [2.75, 3.05) is 21.3 Å². The summed E-state index contributed by atoms with van der Waals surface area (Å²) in [6.45, 7) is 0. The van der Waals surface area contributed by atoms with Crippen LogP contribution in [-0.2, 0) is 33.3 Å². The summed E-state index contributed by atoms with van der Waals surface area (Å²) >= 11 is 0. The molecule has 1 rings (SSSR count). The summed E-state index contributed by atoms with van der Waals surface area (Å²) in [4.78, 5) is 35.0. The van der Waals surface area contributed by atoms with E-state index in [4.69, 9.17) is 9.47 Å². The van der Waals surface area contributed by atoms with Crippen molar-refractivity contribution in [3.8, 4) is 0 Å². The first kappa shape index (κ1) is 17.6. The number of rotatable bonds is 7. The molecule has 1 aromatic rings. The van der Waals surface area contributed by atoms with E-state index in [1.165, 1.54) is 14.2 Å². The van der Waals surface area contributed by atoms with Crippen LogP contribution in [0.15, 0.2) is 30.3 Å². The topological polar surface area (TPSA) is 88.1 Å². The van der Waals surface area contributed by atoms with E-state index in [2.05, 4.69) is 9.47 Å². The van der Waals surface area contributed by atoms with Crippen molar-refractivity contribution < 1.29 is 33.3 Å². The zero-order valence-corrected chi connectivity index (χ0v) is 12.6. The lowest BCUT2D eigenvalue weighted by Crippen LogP contribution is -2.33. The second-order valence-electron chi connectivity index (χ2n) is 4.26. The van der Waals surface area contributed by atoms with Gasteiger partial charge < -0.3 is 18.9 Å². The second kappa shape index (κ2) is 8.78. The summed E-state index contributed by atoms with van der Waals surface area (Å²) in [5.74, 6) is -2.34. The normalized spacial score (nSPS) is 12.9. The quantitative estimate of drug-likeness (QED) is 0.549. The molecule has 2 atom stereocenters. The number of carbonyl (C=O) groups is 3. The van der Waals surface area contributed by atoms with Crippen molar-refractivity contribution in [3.05, 3.63) is 35.9 Å². The Bertz CT molecular complexity index is 512. The predicted octanol–water partition coefficient (Wildman–Crippen LogP) is 1.02. The van der Waals surface area contributed by atoms with Gasteiger partial charge in [-0.2, -0.15) is 0 Å². The minimum Gasteiger partial charge on any atom is -0.469 e. The minimum atomic E-state index is -1.38. The van der Waals surface area contributed by atoms with Crippen LogP contribution in [-0.4, -0.2) is 45.3 Å². The molecule has 0 amide bonds. The highest BCUT2D eigenvalue weighted by Gasteiger charge is 2.31. The van der Waals surface area contributed by atoms with Crippen LogP contribution in [0.2, 0.25) is 0 Å². The van der Waals surface area contributed by atoms with Crippen LogP contribution < -0.4 is 0 Å². The molecule has 0 fully saturated rings. The van der Waals surface area contributed by atoms with E-state index in [0.29, 0.717) is 5.56 Å². The van der Waals surface area contributed by atoms with Crippen molar-refractivity contribution >= 4 is 17.9 Å². The number of methoxy groups -OCH3 is 3. The molecule has 0 bridgehead atoms. The zero-order chi connectivity index (χ0) is 16.5. The van der Waals surface area contributed by atoms with Crippen LogP contribution in [0, 0.1) is 0 Å². The molecule has 7 heteroatoms. The van der Waals surface area contributed by atoms with Crippen LogP contribution in [0.3, 0.4) is 0 Å². The zero-order valence-electron chi connectivity index (χ0n) is 12.6. The first-order valence-corrected chi connectivity index (χ1v) is 6.46. The van der Waals surface area contributed by atoms with Crippen molar-refractivity contribution in [3.63, 3.8) is 0 Å². The van der Waals surface area contributed by atoms with Crippen LogP contribution in [0.5, 0.6) is 0 Å². The van der Waals surface area contributed by atoms with Crippen LogP contribution in [0.1, 0.15) is 18.1 Å². The highest BCUT2D eigenvalue weighted by Crippen LogP contribution is 2.19. The molecule has 0 N–H and O–H groups in total. The van der Waals surface area contributed by atoms with E-state index >= 15 is 0 Å². The van der Waals surface area contributed by atoms with Gasteiger partial charge in [-0.3, -0.25) is 4.79 Å². The molecule has 2 unspecified atom stereocenters. The van der Waals surface area contributed by atoms with Gasteiger partial charge in [-0.25, -0.2) is 9.59 Å². The van der Waals surface area contributed by atoms with E-state index in [1.54, 1.807) is 30.3 Å². The van der Waals surface area contributed by atoms with E-state index in [0.717, 1.165) is 7.11 Å². The molecule has 22 heavy (non-hydrogen) atoms. The van der Waals surface area contributed by atoms with E-state index in [9.17, 15) is 14.4 Å². The highest BCUT2D eigenvalue weighted by atomic mass is 16.6. The lowest BCUT2D eigenvalue weighted by atomic mass is 10.1.